The van der Waals surface area contributed by atoms with E-state index in [0.717, 1.165) is 24.4 Å². The van der Waals surface area contributed by atoms with Crippen molar-refractivity contribution in [2.45, 2.75) is 40.3 Å². The van der Waals surface area contributed by atoms with Gasteiger partial charge in [0, 0.05) is 44.1 Å². The molecule has 0 atom stereocenters. The van der Waals surface area contributed by atoms with E-state index < -0.39 is 5.97 Å². The summed E-state index contributed by atoms with van der Waals surface area (Å²) in [6, 6.07) is 8.25. The van der Waals surface area contributed by atoms with Gasteiger partial charge in [0.2, 0.25) is 17.5 Å². The number of carbonyl (C=O) groups excluding carboxylic acids is 2. The molecule has 0 unspecified atom stereocenters. The normalized spacial score (nSPS) is 10.9. The summed E-state index contributed by atoms with van der Waals surface area (Å²) in [4.78, 5) is 29.0. The van der Waals surface area contributed by atoms with Crippen LogP contribution in [0.5, 0.6) is 5.75 Å². The largest absolute Gasteiger partial charge is 0.485 e. The Morgan fingerprint density at radius 1 is 1.12 bits per heavy atom. The van der Waals surface area contributed by atoms with E-state index in [1.54, 1.807) is 38.3 Å². The van der Waals surface area contributed by atoms with Gasteiger partial charge in [-0.1, -0.05) is 5.16 Å². The van der Waals surface area contributed by atoms with Crippen LogP contribution >= 0.6 is 0 Å². The highest BCUT2D eigenvalue weighted by atomic mass is 16.5. The van der Waals surface area contributed by atoms with Crippen LogP contribution in [0.4, 0.5) is 0 Å². The van der Waals surface area contributed by atoms with Crippen molar-refractivity contribution < 1.29 is 28.3 Å². The molecular formula is C23H27N3O6. The van der Waals surface area contributed by atoms with Crippen LogP contribution in [0.2, 0.25) is 0 Å². The first-order valence-corrected chi connectivity index (χ1v) is 10.3. The molecule has 0 aliphatic heterocycles. The molecule has 2 heterocycles. The molecular weight excluding hydrogens is 414 g/mol. The predicted molar refractivity (Wildman–Crippen MR) is 115 cm³/mol. The Balaban J connectivity index is 1.52. The first kappa shape index (κ1) is 23.2. The van der Waals surface area contributed by atoms with Gasteiger partial charge in [0.25, 0.3) is 0 Å². The van der Waals surface area contributed by atoms with Crippen molar-refractivity contribution in [3.63, 3.8) is 0 Å². The number of nitrogens with zero attached hydrogens (tertiary/aromatic N) is 3. The summed E-state index contributed by atoms with van der Waals surface area (Å²) in [6.07, 6.45) is 0.851. The van der Waals surface area contributed by atoms with Crippen LogP contribution in [0.3, 0.4) is 0 Å². The number of rotatable bonds is 11. The average Bonchev–Trinajstić information content (AvgIpc) is 3.33. The maximum atomic E-state index is 12.6. The monoisotopic (exact) mass is 441 g/mol. The zero-order valence-corrected chi connectivity index (χ0v) is 18.7. The minimum absolute atomic E-state index is 0.152. The molecule has 1 aromatic carbocycles. The van der Waals surface area contributed by atoms with Gasteiger partial charge in [-0.3, -0.25) is 4.79 Å². The van der Waals surface area contributed by atoms with Crippen molar-refractivity contribution in [2.24, 2.45) is 0 Å². The molecule has 0 aliphatic rings. The van der Waals surface area contributed by atoms with Crippen LogP contribution in [-0.2, 0) is 22.6 Å². The lowest BCUT2D eigenvalue weighted by Gasteiger charge is -2.09. The molecule has 0 saturated heterocycles. The van der Waals surface area contributed by atoms with Crippen LogP contribution in [0, 0.1) is 20.8 Å². The molecule has 0 fully saturated rings. The molecule has 0 saturated carbocycles. The lowest BCUT2D eigenvalue weighted by atomic mass is 10.1. The topological polar surface area (TPSA) is 106 Å². The summed E-state index contributed by atoms with van der Waals surface area (Å²) in [6.45, 7) is 6.78. The van der Waals surface area contributed by atoms with E-state index in [1.165, 1.54) is 0 Å². The number of hydrogen-bond acceptors (Lipinski definition) is 8. The van der Waals surface area contributed by atoms with Crippen LogP contribution in [0.25, 0.3) is 0 Å². The number of benzene rings is 1. The maximum Gasteiger partial charge on any atom is 0.338 e. The number of esters is 1. The fourth-order valence-corrected chi connectivity index (χ4v) is 3.32. The molecule has 0 aliphatic carbocycles. The second kappa shape index (κ2) is 10.7. The maximum absolute atomic E-state index is 12.6. The number of hydrogen-bond donors (Lipinski definition) is 0. The summed E-state index contributed by atoms with van der Waals surface area (Å²) in [5, 5.41) is 3.75. The molecule has 0 amide bonds. The van der Waals surface area contributed by atoms with E-state index in [1.807, 2.05) is 19.9 Å². The molecule has 2 aromatic heterocycles. The van der Waals surface area contributed by atoms with Gasteiger partial charge in [0.15, 0.2) is 13.2 Å². The first-order valence-electron chi connectivity index (χ1n) is 10.3. The second-order valence-electron chi connectivity index (χ2n) is 7.32. The van der Waals surface area contributed by atoms with E-state index in [2.05, 4.69) is 14.7 Å². The third-order valence-corrected chi connectivity index (χ3v) is 4.97. The Labute approximate surface area is 186 Å². The smallest absolute Gasteiger partial charge is 0.338 e. The van der Waals surface area contributed by atoms with Gasteiger partial charge in [-0.25, -0.2) is 4.79 Å². The Bertz CT molecular complexity index is 1070. The molecule has 9 nitrogen and oxygen atoms in total. The molecule has 0 spiro atoms. The van der Waals surface area contributed by atoms with Crippen molar-refractivity contribution >= 4 is 11.8 Å². The number of ketones is 1. The van der Waals surface area contributed by atoms with Gasteiger partial charge in [-0.15, -0.1) is 0 Å². The zero-order valence-electron chi connectivity index (χ0n) is 18.7. The van der Waals surface area contributed by atoms with Crippen LogP contribution in [0.15, 0.2) is 34.9 Å². The first-order chi connectivity index (χ1) is 15.4. The fourth-order valence-electron chi connectivity index (χ4n) is 3.32. The van der Waals surface area contributed by atoms with Crippen LogP contribution in [-0.4, -0.2) is 46.8 Å². The summed E-state index contributed by atoms with van der Waals surface area (Å²) >= 11 is 0. The van der Waals surface area contributed by atoms with Crippen molar-refractivity contribution in [1.29, 1.82) is 0 Å². The number of aromatic nitrogens is 3. The van der Waals surface area contributed by atoms with Crippen molar-refractivity contribution in [2.75, 3.05) is 20.3 Å². The Kier molecular flexibility index (Phi) is 7.77. The highest BCUT2D eigenvalue weighted by molar-refractivity contribution is 6.00. The molecule has 3 rings (SSSR count). The third kappa shape index (κ3) is 5.82. The quantitative estimate of drug-likeness (QED) is 0.253. The Morgan fingerprint density at radius 2 is 1.88 bits per heavy atom. The molecule has 0 N–H and O–H groups in total. The zero-order chi connectivity index (χ0) is 23.1. The van der Waals surface area contributed by atoms with Crippen LogP contribution < -0.4 is 4.74 Å². The van der Waals surface area contributed by atoms with E-state index in [9.17, 15) is 9.59 Å². The molecule has 0 bridgehead atoms. The molecule has 3 aromatic rings. The molecule has 32 heavy (non-hydrogen) atoms. The Hall–Kier alpha value is -3.46. The third-order valence-electron chi connectivity index (χ3n) is 4.97. The van der Waals surface area contributed by atoms with Gasteiger partial charge in [-0.05, 0) is 50.6 Å². The summed E-state index contributed by atoms with van der Waals surface area (Å²) in [5.41, 5.74) is 2.73. The summed E-state index contributed by atoms with van der Waals surface area (Å²) in [7, 11) is 1.66. The standard InChI is InChI=1S/C23H27N3O6/c1-15-12-20(16(2)26(15)10-5-11-29-4)21(27)13-31-23(28)18-6-8-19(9-7-18)30-14-22-24-17(3)32-25-22/h6-9,12H,5,10-11,13-14H2,1-4H3. The lowest BCUT2D eigenvalue weighted by molar-refractivity contribution is 0.0474. The van der Waals surface area contributed by atoms with E-state index in [-0.39, 0.29) is 19.0 Å². The Morgan fingerprint density at radius 3 is 2.53 bits per heavy atom. The van der Waals surface area contributed by atoms with Gasteiger partial charge in [-0.2, -0.15) is 4.98 Å². The SMILES string of the molecule is COCCCn1c(C)cc(C(=O)COC(=O)c2ccc(OCc3noc(C)n3)cc2)c1C. The fraction of sp³-hybridized carbons (Fsp3) is 0.391. The average molecular weight is 441 g/mol. The van der Waals surface area contributed by atoms with Gasteiger partial charge < -0.3 is 23.3 Å². The van der Waals surface area contributed by atoms with E-state index in [0.29, 0.717) is 35.2 Å². The molecule has 9 heteroatoms. The summed E-state index contributed by atoms with van der Waals surface area (Å²) in [5.74, 6) is 0.625. The molecule has 170 valence electrons. The predicted octanol–water partition coefficient (Wildman–Crippen LogP) is 3.45. The van der Waals surface area contributed by atoms with Gasteiger partial charge in [0.05, 0.1) is 5.56 Å². The number of aryl methyl sites for hydroxylation is 2. The molecule has 0 radical (unpaired) electrons. The van der Waals surface area contributed by atoms with E-state index >= 15 is 0 Å². The highest BCUT2D eigenvalue weighted by Gasteiger charge is 2.18. The highest BCUT2D eigenvalue weighted by Crippen LogP contribution is 2.18. The second-order valence-corrected chi connectivity index (χ2v) is 7.32. The number of methoxy groups -OCH3 is 1. The number of carbonyl (C=O) groups is 2. The van der Waals surface area contributed by atoms with Crippen molar-refractivity contribution in [3.8, 4) is 5.75 Å². The van der Waals surface area contributed by atoms with Crippen molar-refractivity contribution in [1.82, 2.24) is 14.7 Å². The lowest BCUT2D eigenvalue weighted by Crippen LogP contribution is -2.15. The summed E-state index contributed by atoms with van der Waals surface area (Å²) < 4.78 is 22.8. The van der Waals surface area contributed by atoms with Gasteiger partial charge >= 0.3 is 5.97 Å². The van der Waals surface area contributed by atoms with Crippen molar-refractivity contribution in [3.05, 3.63) is 64.6 Å². The van der Waals surface area contributed by atoms with Crippen LogP contribution in [0.1, 0.15) is 50.2 Å². The number of ether oxygens (including phenoxy) is 3. The number of Topliss-reactive ketones (excluding diaryl/α,β-unsaturated/α-hetero) is 1. The van der Waals surface area contributed by atoms with E-state index in [4.69, 9.17) is 18.7 Å². The minimum atomic E-state index is -0.576. The minimum Gasteiger partial charge on any atom is -0.485 e. The van der Waals surface area contributed by atoms with Gasteiger partial charge in [0.1, 0.15) is 5.75 Å².